The fourth-order valence-corrected chi connectivity index (χ4v) is 3.06. The van der Waals surface area contributed by atoms with E-state index in [1.54, 1.807) is 0 Å². The molecule has 0 fully saturated rings. The van der Waals surface area contributed by atoms with Crippen LogP contribution in [0.1, 0.15) is 39.5 Å². The fraction of sp³-hybridized carbons (Fsp3) is 0.533. The zero-order valence-electron chi connectivity index (χ0n) is 11.7. The third-order valence-corrected chi connectivity index (χ3v) is 4.23. The second kappa shape index (κ2) is 5.95. The average Bonchev–Trinajstić information content (AvgIpc) is 2.66. The van der Waals surface area contributed by atoms with E-state index in [0.29, 0.717) is 5.96 Å². The molecule has 1 heterocycles. The first-order valence-electron chi connectivity index (χ1n) is 6.92. The minimum Gasteiger partial charge on any atom is -0.369 e. The molecule has 0 saturated heterocycles. The van der Waals surface area contributed by atoms with Crippen molar-refractivity contribution < 1.29 is 0 Å². The first-order valence-corrected chi connectivity index (χ1v) is 7.72. The molecule has 0 amide bonds. The van der Waals surface area contributed by atoms with Crippen molar-refractivity contribution in [2.45, 2.75) is 45.1 Å². The van der Waals surface area contributed by atoms with Gasteiger partial charge in [-0.2, -0.15) is 0 Å². The first kappa shape index (κ1) is 14.4. The van der Waals surface area contributed by atoms with Crippen LogP contribution in [0, 0.1) is 0 Å². The van der Waals surface area contributed by atoms with Gasteiger partial charge in [0.15, 0.2) is 5.96 Å². The van der Waals surface area contributed by atoms with Crippen LogP contribution in [0.2, 0.25) is 0 Å². The van der Waals surface area contributed by atoms with Crippen LogP contribution in [0.4, 0.5) is 5.69 Å². The summed E-state index contributed by atoms with van der Waals surface area (Å²) in [5.74, 6) is 0.636. The minimum atomic E-state index is 0.0139. The van der Waals surface area contributed by atoms with Crippen LogP contribution >= 0.6 is 15.9 Å². The van der Waals surface area contributed by atoms with Gasteiger partial charge in [0.25, 0.3) is 0 Å². The summed E-state index contributed by atoms with van der Waals surface area (Å²) in [7, 11) is 0. The Morgan fingerprint density at radius 1 is 1.42 bits per heavy atom. The van der Waals surface area contributed by atoms with Crippen molar-refractivity contribution in [1.82, 2.24) is 0 Å². The van der Waals surface area contributed by atoms with E-state index < -0.39 is 0 Å². The second-order valence-corrected chi connectivity index (χ2v) is 6.36. The number of hydrogen-bond donors (Lipinski definition) is 1. The van der Waals surface area contributed by atoms with E-state index >= 15 is 0 Å². The predicted octanol–water partition coefficient (Wildman–Crippen LogP) is 3.92. The normalized spacial score (nSPS) is 22.7. The molecule has 1 unspecified atom stereocenters. The highest BCUT2D eigenvalue weighted by atomic mass is 79.9. The van der Waals surface area contributed by atoms with Crippen molar-refractivity contribution in [2.24, 2.45) is 10.7 Å². The highest BCUT2D eigenvalue weighted by Crippen LogP contribution is 2.33. The van der Waals surface area contributed by atoms with E-state index in [-0.39, 0.29) is 5.54 Å². The van der Waals surface area contributed by atoms with E-state index in [9.17, 15) is 0 Å². The van der Waals surface area contributed by atoms with Gasteiger partial charge in [-0.15, -0.1) is 0 Å². The van der Waals surface area contributed by atoms with Crippen molar-refractivity contribution in [2.75, 3.05) is 11.4 Å². The number of guanidine groups is 1. The molecule has 1 atom stereocenters. The maximum atomic E-state index is 6.10. The molecule has 1 aliphatic rings. The molecule has 0 aromatic heterocycles. The Morgan fingerprint density at radius 2 is 2.21 bits per heavy atom. The number of anilines is 1. The van der Waals surface area contributed by atoms with Crippen molar-refractivity contribution >= 4 is 27.6 Å². The van der Waals surface area contributed by atoms with Crippen molar-refractivity contribution in [3.8, 4) is 0 Å². The lowest BCUT2D eigenvalue weighted by atomic mass is 9.93. The summed E-state index contributed by atoms with van der Waals surface area (Å²) in [5, 5.41) is 0. The molecule has 19 heavy (non-hydrogen) atoms. The molecule has 0 saturated carbocycles. The Labute approximate surface area is 124 Å². The maximum Gasteiger partial charge on any atom is 0.196 e. The molecule has 0 bridgehead atoms. The van der Waals surface area contributed by atoms with Crippen LogP contribution in [0.3, 0.4) is 0 Å². The van der Waals surface area contributed by atoms with Gasteiger partial charge in [0.1, 0.15) is 0 Å². The molecule has 4 heteroatoms. The number of nitrogens with zero attached hydrogens (tertiary/aromatic N) is 2. The Balaban J connectivity index is 2.21. The van der Waals surface area contributed by atoms with Gasteiger partial charge in [0, 0.05) is 10.2 Å². The molecule has 1 aliphatic heterocycles. The van der Waals surface area contributed by atoms with E-state index in [4.69, 9.17) is 5.73 Å². The Hall–Kier alpha value is -1.03. The van der Waals surface area contributed by atoms with Gasteiger partial charge in [-0.1, -0.05) is 48.2 Å². The molecule has 1 aromatic carbocycles. The summed E-state index contributed by atoms with van der Waals surface area (Å²) in [6.07, 6.45) is 4.85. The lowest BCUT2D eigenvalue weighted by molar-refractivity contribution is 0.438. The largest absolute Gasteiger partial charge is 0.369 e. The highest BCUT2D eigenvalue weighted by molar-refractivity contribution is 9.10. The van der Waals surface area contributed by atoms with Crippen molar-refractivity contribution in [1.29, 1.82) is 0 Å². The SMILES string of the molecule is CCCCCC1(C)CN=C(N)N1c1cccc(Br)c1. The molecule has 2 rings (SSSR count). The van der Waals surface area contributed by atoms with E-state index in [2.05, 4.69) is 51.8 Å². The van der Waals surface area contributed by atoms with Gasteiger partial charge in [-0.25, -0.2) is 0 Å². The van der Waals surface area contributed by atoms with Gasteiger partial charge in [-0.05, 0) is 31.5 Å². The Kier molecular flexibility index (Phi) is 4.50. The van der Waals surface area contributed by atoms with Gasteiger partial charge in [0.2, 0.25) is 0 Å². The van der Waals surface area contributed by atoms with Gasteiger partial charge in [-0.3, -0.25) is 4.99 Å². The van der Waals surface area contributed by atoms with Crippen LogP contribution < -0.4 is 10.6 Å². The van der Waals surface area contributed by atoms with Crippen LogP contribution in [0.15, 0.2) is 33.7 Å². The monoisotopic (exact) mass is 323 g/mol. The number of nitrogens with two attached hydrogens (primary N) is 1. The molecular weight excluding hydrogens is 302 g/mol. The minimum absolute atomic E-state index is 0.0139. The average molecular weight is 324 g/mol. The molecule has 2 N–H and O–H groups in total. The number of halogens is 1. The summed E-state index contributed by atoms with van der Waals surface area (Å²) >= 11 is 3.52. The molecule has 1 aromatic rings. The second-order valence-electron chi connectivity index (χ2n) is 5.44. The van der Waals surface area contributed by atoms with Crippen LogP contribution in [-0.4, -0.2) is 18.0 Å². The Bertz CT molecular complexity index is 472. The lowest BCUT2D eigenvalue weighted by Gasteiger charge is -2.36. The molecule has 0 aliphatic carbocycles. The van der Waals surface area contributed by atoms with Gasteiger partial charge >= 0.3 is 0 Å². The maximum absolute atomic E-state index is 6.10. The molecular formula is C15H22BrN3. The van der Waals surface area contributed by atoms with Crippen LogP contribution in [0.5, 0.6) is 0 Å². The summed E-state index contributed by atoms with van der Waals surface area (Å²) in [4.78, 5) is 6.65. The molecule has 0 spiro atoms. The summed E-state index contributed by atoms with van der Waals surface area (Å²) < 4.78 is 1.07. The zero-order chi connectivity index (χ0) is 13.9. The number of unbranched alkanes of at least 4 members (excludes halogenated alkanes) is 2. The summed E-state index contributed by atoms with van der Waals surface area (Å²) in [5.41, 5.74) is 7.23. The van der Waals surface area contributed by atoms with E-state index in [0.717, 1.165) is 23.1 Å². The highest BCUT2D eigenvalue weighted by Gasteiger charge is 2.38. The number of rotatable bonds is 5. The number of hydrogen-bond acceptors (Lipinski definition) is 3. The van der Waals surface area contributed by atoms with E-state index in [1.807, 2.05) is 12.1 Å². The van der Waals surface area contributed by atoms with Crippen LogP contribution in [0.25, 0.3) is 0 Å². The summed E-state index contributed by atoms with van der Waals surface area (Å²) in [6, 6.07) is 8.26. The Morgan fingerprint density at radius 3 is 2.89 bits per heavy atom. The standard InChI is InChI=1S/C15H22BrN3/c1-3-4-5-9-15(2)11-18-14(17)19(15)13-8-6-7-12(16)10-13/h6-8,10H,3-5,9,11H2,1-2H3,(H2,17,18). The molecule has 3 nitrogen and oxygen atoms in total. The van der Waals surface area contributed by atoms with Crippen molar-refractivity contribution in [3.63, 3.8) is 0 Å². The number of benzene rings is 1. The fourth-order valence-electron chi connectivity index (χ4n) is 2.68. The summed E-state index contributed by atoms with van der Waals surface area (Å²) in [6.45, 7) is 5.27. The van der Waals surface area contributed by atoms with Gasteiger partial charge < -0.3 is 10.6 Å². The van der Waals surface area contributed by atoms with E-state index in [1.165, 1.54) is 19.3 Å². The first-order chi connectivity index (χ1) is 9.07. The zero-order valence-corrected chi connectivity index (χ0v) is 13.3. The third kappa shape index (κ3) is 3.11. The number of aliphatic imine (C=N–C) groups is 1. The molecule has 0 radical (unpaired) electrons. The van der Waals surface area contributed by atoms with Gasteiger partial charge in [0.05, 0.1) is 12.1 Å². The lowest BCUT2D eigenvalue weighted by Crippen LogP contribution is -2.50. The van der Waals surface area contributed by atoms with Crippen molar-refractivity contribution in [3.05, 3.63) is 28.7 Å². The van der Waals surface area contributed by atoms with Crippen LogP contribution in [-0.2, 0) is 0 Å². The third-order valence-electron chi connectivity index (χ3n) is 3.74. The topological polar surface area (TPSA) is 41.6 Å². The smallest absolute Gasteiger partial charge is 0.196 e. The quantitative estimate of drug-likeness (QED) is 0.834. The molecule has 104 valence electrons. The predicted molar refractivity (Wildman–Crippen MR) is 85.7 cm³/mol.